The number of carbonyl (C=O) groups is 3. The largest absolute Gasteiger partial charge is 0.496 e. The molecule has 0 bridgehead atoms. The van der Waals surface area contributed by atoms with Crippen LogP contribution < -0.4 is 15.2 Å². The van der Waals surface area contributed by atoms with Gasteiger partial charge in [0.05, 0.1) is 27.3 Å². The molecule has 2 N–H and O–H groups in total. The number of carbonyl (C=O) groups excluding carboxylic acids is 3. The lowest BCUT2D eigenvalue weighted by Gasteiger charge is -2.23. The van der Waals surface area contributed by atoms with Crippen molar-refractivity contribution in [3.63, 3.8) is 0 Å². The molecular weight excluding hydrogens is 568 g/mol. The van der Waals surface area contributed by atoms with Gasteiger partial charge < -0.3 is 20.1 Å². The van der Waals surface area contributed by atoms with Crippen LogP contribution in [0.4, 0.5) is 0 Å². The maximum absolute atomic E-state index is 13.7. The molecule has 3 rings (SSSR count). The first-order chi connectivity index (χ1) is 19.4. The van der Waals surface area contributed by atoms with Crippen molar-refractivity contribution in [1.82, 2.24) is 14.2 Å². The number of hydrogen-bond acceptors (Lipinski definition) is 9. The number of likely N-dealkylation sites (N-methyl/N-ethyl adjacent to an activating group) is 1. The molecule has 1 heterocycles. The maximum Gasteiger partial charge on any atom is 0.254 e. The molecule has 1 aromatic heterocycles. The van der Waals surface area contributed by atoms with E-state index in [9.17, 15) is 22.8 Å². The number of aryl methyl sites for hydroxylation is 1. The van der Waals surface area contributed by atoms with E-state index in [0.29, 0.717) is 35.0 Å². The van der Waals surface area contributed by atoms with Gasteiger partial charge in [0.2, 0.25) is 15.9 Å². The average Bonchev–Trinajstić information content (AvgIpc) is 3.41. The van der Waals surface area contributed by atoms with E-state index in [1.54, 1.807) is 17.0 Å². The summed E-state index contributed by atoms with van der Waals surface area (Å²) in [5.41, 5.74) is 7.32. The zero-order valence-electron chi connectivity index (χ0n) is 23.5. The highest BCUT2D eigenvalue weighted by molar-refractivity contribution is 7.89. The van der Waals surface area contributed by atoms with Crippen molar-refractivity contribution in [1.29, 1.82) is 0 Å². The summed E-state index contributed by atoms with van der Waals surface area (Å²) in [5, 5.41) is 1.93. The van der Waals surface area contributed by atoms with Crippen LogP contribution in [0.2, 0.25) is 0 Å². The molecule has 11 nitrogen and oxygen atoms in total. The van der Waals surface area contributed by atoms with Crippen molar-refractivity contribution < 1.29 is 32.3 Å². The topological polar surface area (TPSA) is 149 Å². The summed E-state index contributed by atoms with van der Waals surface area (Å²) in [6.45, 7) is 1.82. The quantitative estimate of drug-likeness (QED) is 0.261. The smallest absolute Gasteiger partial charge is 0.254 e. The minimum atomic E-state index is -4.06. The summed E-state index contributed by atoms with van der Waals surface area (Å²) >= 11 is 1.15. The molecule has 2 aromatic carbocycles. The van der Waals surface area contributed by atoms with Crippen LogP contribution in [0.3, 0.4) is 0 Å². The number of rotatable bonds is 15. The molecule has 0 atom stereocenters. The summed E-state index contributed by atoms with van der Waals surface area (Å²) in [6, 6.07) is 13.2. The summed E-state index contributed by atoms with van der Waals surface area (Å²) in [5.74, 6) is -1.65. The molecule has 0 aliphatic heterocycles. The van der Waals surface area contributed by atoms with E-state index in [2.05, 4.69) is 4.98 Å². The first-order valence-corrected chi connectivity index (χ1v) is 15.2. The Hall–Kier alpha value is -3.81. The number of nitrogens with two attached hydrogens (primary N) is 1. The van der Waals surface area contributed by atoms with Crippen molar-refractivity contribution >= 4 is 39.0 Å². The molecule has 0 spiro atoms. The molecule has 0 radical (unpaired) electrons. The third-order valence-corrected chi connectivity index (χ3v) is 8.89. The predicted octanol–water partition coefficient (Wildman–Crippen LogP) is 2.67. The van der Waals surface area contributed by atoms with Crippen molar-refractivity contribution in [3.05, 3.63) is 75.2 Å². The van der Waals surface area contributed by atoms with Crippen molar-refractivity contribution in [2.75, 3.05) is 40.1 Å². The third-order valence-electron chi connectivity index (χ3n) is 6.35. The Bertz CT molecular complexity index is 1470. The number of hydrogen-bond donors (Lipinski definition) is 1. The number of aromatic nitrogens is 1. The van der Waals surface area contributed by atoms with Gasteiger partial charge in [-0.2, -0.15) is 4.31 Å². The van der Waals surface area contributed by atoms with Crippen LogP contribution in [-0.2, 0) is 27.8 Å². The van der Waals surface area contributed by atoms with E-state index in [1.165, 1.54) is 26.6 Å². The summed E-state index contributed by atoms with van der Waals surface area (Å²) < 4.78 is 36.5. The van der Waals surface area contributed by atoms with E-state index in [4.69, 9.17) is 15.2 Å². The maximum atomic E-state index is 13.7. The molecule has 0 aliphatic rings. The number of methoxy groups -OCH3 is 2. The first-order valence-electron chi connectivity index (χ1n) is 12.7. The molecular formula is C28H34N4O7S2. The van der Waals surface area contributed by atoms with Gasteiger partial charge in [-0.15, -0.1) is 11.3 Å². The summed E-state index contributed by atoms with van der Waals surface area (Å²) in [7, 11) is 0.155. The number of benzene rings is 2. The van der Waals surface area contributed by atoms with Gasteiger partial charge in [0.1, 0.15) is 28.0 Å². The fourth-order valence-corrected chi connectivity index (χ4v) is 5.94. The van der Waals surface area contributed by atoms with Crippen LogP contribution in [0, 0.1) is 6.92 Å². The SMILES string of the molecule is COc1cc(C(=O)N(CCCc2ccccc2)Cc2nc(C(=O)CS(=O)(=O)N(C)CC(N)=O)cs2)cc(OC)c1C. The predicted molar refractivity (Wildman–Crippen MR) is 156 cm³/mol. The Kier molecular flexibility index (Phi) is 11.0. The lowest BCUT2D eigenvalue weighted by atomic mass is 10.1. The minimum Gasteiger partial charge on any atom is -0.496 e. The van der Waals surface area contributed by atoms with Gasteiger partial charge in [0, 0.05) is 30.1 Å². The van der Waals surface area contributed by atoms with Crippen molar-refractivity contribution in [3.8, 4) is 11.5 Å². The number of ether oxygens (including phenoxy) is 2. The van der Waals surface area contributed by atoms with Gasteiger partial charge in [-0.05, 0) is 37.5 Å². The Morgan fingerprint density at radius 2 is 1.68 bits per heavy atom. The second kappa shape index (κ2) is 14.2. The van der Waals surface area contributed by atoms with E-state index in [0.717, 1.165) is 33.2 Å². The van der Waals surface area contributed by atoms with Crippen LogP contribution in [0.1, 0.15) is 43.4 Å². The van der Waals surface area contributed by atoms with Gasteiger partial charge in [-0.3, -0.25) is 14.4 Å². The van der Waals surface area contributed by atoms with Gasteiger partial charge in [-0.1, -0.05) is 30.3 Å². The van der Waals surface area contributed by atoms with E-state index >= 15 is 0 Å². The second-order valence-corrected chi connectivity index (χ2v) is 12.4. The number of amides is 2. The van der Waals surface area contributed by atoms with Gasteiger partial charge in [0.25, 0.3) is 5.91 Å². The van der Waals surface area contributed by atoms with Gasteiger partial charge in [-0.25, -0.2) is 13.4 Å². The molecule has 3 aromatic rings. The molecule has 0 fully saturated rings. The number of ketones is 1. The molecule has 220 valence electrons. The van der Waals surface area contributed by atoms with Crippen LogP contribution in [-0.4, -0.2) is 80.3 Å². The molecule has 0 saturated carbocycles. The molecule has 13 heteroatoms. The lowest BCUT2D eigenvalue weighted by molar-refractivity contribution is -0.118. The zero-order valence-corrected chi connectivity index (χ0v) is 25.1. The van der Waals surface area contributed by atoms with Crippen LogP contribution in [0.25, 0.3) is 0 Å². The number of Topliss-reactive ketones (excluding diaryl/α,β-unsaturated/α-hetero) is 1. The minimum absolute atomic E-state index is 0.0311. The zero-order chi connectivity index (χ0) is 30.2. The van der Waals surface area contributed by atoms with E-state index in [1.807, 2.05) is 37.3 Å². The third kappa shape index (κ3) is 8.59. The van der Waals surface area contributed by atoms with Crippen LogP contribution in [0.5, 0.6) is 11.5 Å². The highest BCUT2D eigenvalue weighted by atomic mass is 32.2. The molecule has 0 saturated heterocycles. The fourth-order valence-electron chi connectivity index (χ4n) is 4.11. The van der Waals surface area contributed by atoms with Gasteiger partial charge in [0.15, 0.2) is 5.78 Å². The van der Waals surface area contributed by atoms with Crippen LogP contribution in [0.15, 0.2) is 47.8 Å². The van der Waals surface area contributed by atoms with E-state index < -0.39 is 34.0 Å². The second-order valence-electron chi connectivity index (χ2n) is 9.35. The molecule has 2 amide bonds. The van der Waals surface area contributed by atoms with Gasteiger partial charge >= 0.3 is 0 Å². The standard InChI is InChI=1S/C28H34N4O7S2/c1-19-24(38-3)13-21(14-25(19)39-4)28(35)32(12-8-11-20-9-6-5-7-10-20)16-27-30-22(17-40-27)23(33)18-41(36,37)31(2)15-26(29)34/h5-7,9-10,13-14,17H,8,11-12,15-16,18H2,1-4H3,(H2,29,34). The van der Waals surface area contributed by atoms with Crippen LogP contribution >= 0.6 is 11.3 Å². The number of nitrogens with zero attached hydrogens (tertiary/aromatic N) is 3. The molecule has 41 heavy (non-hydrogen) atoms. The summed E-state index contributed by atoms with van der Waals surface area (Å²) in [6.07, 6.45) is 1.43. The van der Waals surface area contributed by atoms with Crippen molar-refractivity contribution in [2.45, 2.75) is 26.3 Å². The fraction of sp³-hybridized carbons (Fsp3) is 0.357. The lowest BCUT2D eigenvalue weighted by Crippen LogP contribution is -2.38. The Balaban J connectivity index is 1.82. The number of primary amides is 1. The summed E-state index contributed by atoms with van der Waals surface area (Å²) in [4.78, 5) is 43.5. The first kappa shape index (κ1) is 31.7. The Morgan fingerprint density at radius 3 is 2.27 bits per heavy atom. The monoisotopic (exact) mass is 602 g/mol. The normalized spacial score (nSPS) is 11.3. The highest BCUT2D eigenvalue weighted by Crippen LogP contribution is 2.30. The number of thiazole rings is 1. The number of sulfonamides is 1. The highest BCUT2D eigenvalue weighted by Gasteiger charge is 2.26. The Morgan fingerprint density at radius 1 is 1.05 bits per heavy atom. The van der Waals surface area contributed by atoms with E-state index in [-0.39, 0.29) is 18.1 Å². The molecule has 0 unspecified atom stereocenters. The molecule has 0 aliphatic carbocycles. The van der Waals surface area contributed by atoms with Crippen molar-refractivity contribution in [2.24, 2.45) is 5.73 Å². The average molecular weight is 603 g/mol. The Labute approximate surface area is 243 Å².